The molecule has 0 bridgehead atoms. The van der Waals surface area contributed by atoms with Crippen molar-refractivity contribution in [2.75, 3.05) is 0 Å². The summed E-state index contributed by atoms with van der Waals surface area (Å²) in [5.74, 6) is -1.18. The van der Waals surface area contributed by atoms with E-state index >= 15 is 0 Å². The van der Waals surface area contributed by atoms with Gasteiger partial charge in [-0.15, -0.1) is 0 Å². The fourth-order valence-electron chi connectivity index (χ4n) is 1.11. The van der Waals surface area contributed by atoms with E-state index in [0.29, 0.717) is 0 Å². The van der Waals surface area contributed by atoms with Gasteiger partial charge in [0.05, 0.1) is 4.92 Å². The number of aliphatic hydroxyl groups excluding tert-OH is 2. The number of rotatable bonds is 4. The SMILES string of the molecule is NC(=O)C(O)C(O)c1cncc([N+](=O)[O-])c1Cl. The number of pyridine rings is 1. The third-order valence-electron chi connectivity index (χ3n) is 1.99. The van der Waals surface area contributed by atoms with E-state index in [1.54, 1.807) is 0 Å². The summed E-state index contributed by atoms with van der Waals surface area (Å²) in [5, 5.41) is 28.9. The second kappa shape index (κ2) is 5.04. The van der Waals surface area contributed by atoms with Gasteiger partial charge in [0, 0.05) is 11.8 Å². The number of aromatic nitrogens is 1. The second-order valence-corrected chi connectivity index (χ2v) is 3.49. The molecule has 8 nitrogen and oxygen atoms in total. The van der Waals surface area contributed by atoms with Crippen LogP contribution in [0.2, 0.25) is 5.02 Å². The molecule has 0 spiro atoms. The Labute approximate surface area is 99.8 Å². The molecule has 0 aromatic carbocycles. The van der Waals surface area contributed by atoms with Crippen LogP contribution < -0.4 is 5.73 Å². The number of aliphatic hydroxyl groups is 2. The number of carbonyl (C=O) groups is 1. The van der Waals surface area contributed by atoms with Crippen molar-refractivity contribution in [3.05, 3.63) is 33.1 Å². The van der Waals surface area contributed by atoms with Gasteiger partial charge in [0.25, 0.3) is 0 Å². The van der Waals surface area contributed by atoms with Gasteiger partial charge in [-0.25, -0.2) is 0 Å². The molecule has 1 heterocycles. The number of primary amides is 1. The van der Waals surface area contributed by atoms with Crippen LogP contribution in [0.15, 0.2) is 12.4 Å². The third-order valence-corrected chi connectivity index (χ3v) is 2.41. The standard InChI is InChI=1S/C8H8ClN3O5/c9-5-3(6(13)7(14)8(10)15)1-11-2-4(5)12(16)17/h1-2,6-7,13-14H,(H2,10,15). The lowest BCUT2D eigenvalue weighted by Crippen LogP contribution is -2.34. The van der Waals surface area contributed by atoms with Gasteiger partial charge in [-0.3, -0.25) is 19.9 Å². The fraction of sp³-hybridized carbons (Fsp3) is 0.250. The number of halogens is 1. The van der Waals surface area contributed by atoms with Crippen LogP contribution >= 0.6 is 11.6 Å². The molecule has 0 saturated heterocycles. The Hall–Kier alpha value is -1.77. The molecule has 2 unspecified atom stereocenters. The normalized spacial score (nSPS) is 14.1. The van der Waals surface area contributed by atoms with Gasteiger partial charge in [0.1, 0.15) is 17.3 Å². The van der Waals surface area contributed by atoms with Crippen LogP contribution in [0, 0.1) is 10.1 Å². The number of carbonyl (C=O) groups excluding carboxylic acids is 1. The summed E-state index contributed by atoms with van der Waals surface area (Å²) in [5.41, 5.74) is 3.99. The first-order chi connectivity index (χ1) is 7.86. The van der Waals surface area contributed by atoms with Crippen molar-refractivity contribution >= 4 is 23.2 Å². The van der Waals surface area contributed by atoms with E-state index < -0.39 is 33.7 Å². The molecule has 0 aliphatic carbocycles. The van der Waals surface area contributed by atoms with Gasteiger partial charge in [0.15, 0.2) is 6.10 Å². The Balaban J connectivity index is 3.19. The minimum atomic E-state index is -1.92. The summed E-state index contributed by atoms with van der Waals surface area (Å²) in [4.78, 5) is 23.9. The molecule has 1 rings (SSSR count). The van der Waals surface area contributed by atoms with Gasteiger partial charge in [-0.1, -0.05) is 11.6 Å². The van der Waals surface area contributed by atoms with E-state index in [-0.39, 0.29) is 5.56 Å². The van der Waals surface area contributed by atoms with Crippen molar-refractivity contribution in [3.63, 3.8) is 0 Å². The van der Waals surface area contributed by atoms with Crippen molar-refractivity contribution < 1.29 is 19.9 Å². The Morgan fingerprint density at radius 2 is 2.12 bits per heavy atom. The molecule has 4 N–H and O–H groups in total. The number of amides is 1. The summed E-state index contributed by atoms with van der Waals surface area (Å²) in [6.07, 6.45) is -1.80. The lowest BCUT2D eigenvalue weighted by molar-refractivity contribution is -0.385. The molecule has 9 heteroatoms. The molecule has 0 saturated carbocycles. The van der Waals surface area contributed by atoms with Crippen molar-refractivity contribution in [2.45, 2.75) is 12.2 Å². The molecule has 0 aliphatic rings. The number of nitrogens with zero attached hydrogens (tertiary/aromatic N) is 2. The average Bonchev–Trinajstić information content (AvgIpc) is 2.26. The predicted octanol–water partition coefficient (Wildman–Crippen LogP) is -0.477. The lowest BCUT2D eigenvalue weighted by atomic mass is 10.1. The van der Waals surface area contributed by atoms with Crippen LogP contribution in [-0.2, 0) is 4.79 Å². The minimum absolute atomic E-state index is 0.243. The zero-order chi connectivity index (χ0) is 13.2. The maximum absolute atomic E-state index is 10.7. The monoisotopic (exact) mass is 261 g/mol. The van der Waals surface area contributed by atoms with Crippen LogP contribution in [0.3, 0.4) is 0 Å². The topological polar surface area (TPSA) is 140 Å². The Kier molecular flexibility index (Phi) is 3.94. The van der Waals surface area contributed by atoms with Crippen molar-refractivity contribution in [2.24, 2.45) is 5.73 Å². The molecule has 1 amide bonds. The zero-order valence-corrected chi connectivity index (χ0v) is 9.03. The molecule has 92 valence electrons. The van der Waals surface area contributed by atoms with E-state index in [1.807, 2.05) is 0 Å². The molecule has 0 radical (unpaired) electrons. The molecule has 1 aromatic heterocycles. The largest absolute Gasteiger partial charge is 0.385 e. The maximum atomic E-state index is 10.7. The highest BCUT2D eigenvalue weighted by Crippen LogP contribution is 2.31. The highest BCUT2D eigenvalue weighted by molar-refractivity contribution is 6.33. The number of nitrogens with two attached hydrogens (primary N) is 1. The van der Waals surface area contributed by atoms with Crippen LogP contribution in [0.5, 0.6) is 0 Å². The summed E-state index contributed by atoms with van der Waals surface area (Å²) in [7, 11) is 0. The zero-order valence-electron chi connectivity index (χ0n) is 8.28. The first-order valence-electron chi connectivity index (χ1n) is 4.29. The second-order valence-electron chi connectivity index (χ2n) is 3.11. The number of nitro groups is 1. The van der Waals surface area contributed by atoms with Crippen LogP contribution in [0.4, 0.5) is 5.69 Å². The molecule has 2 atom stereocenters. The molecule has 0 aliphatic heterocycles. The highest BCUT2D eigenvalue weighted by atomic mass is 35.5. The van der Waals surface area contributed by atoms with Crippen molar-refractivity contribution in [1.82, 2.24) is 4.98 Å². The first-order valence-corrected chi connectivity index (χ1v) is 4.67. The Morgan fingerprint density at radius 1 is 1.53 bits per heavy atom. The summed E-state index contributed by atoms with van der Waals surface area (Å²) in [6, 6.07) is 0. The predicted molar refractivity (Wildman–Crippen MR) is 56.1 cm³/mol. The van der Waals surface area contributed by atoms with E-state index in [2.05, 4.69) is 4.98 Å². The fourth-order valence-corrected chi connectivity index (χ4v) is 1.39. The lowest BCUT2D eigenvalue weighted by Gasteiger charge is -2.15. The number of hydrogen-bond acceptors (Lipinski definition) is 6. The molecule has 0 fully saturated rings. The molecular weight excluding hydrogens is 254 g/mol. The molecule has 17 heavy (non-hydrogen) atoms. The van der Waals surface area contributed by atoms with E-state index in [1.165, 1.54) is 0 Å². The van der Waals surface area contributed by atoms with Crippen LogP contribution in [-0.4, -0.2) is 32.1 Å². The van der Waals surface area contributed by atoms with Gasteiger partial charge in [0.2, 0.25) is 5.91 Å². The maximum Gasteiger partial charge on any atom is 0.306 e. The average molecular weight is 262 g/mol. The Morgan fingerprint density at radius 3 is 2.59 bits per heavy atom. The Bertz CT molecular complexity index is 466. The first kappa shape index (κ1) is 13.3. The van der Waals surface area contributed by atoms with Crippen molar-refractivity contribution in [3.8, 4) is 0 Å². The van der Waals surface area contributed by atoms with Gasteiger partial charge >= 0.3 is 5.69 Å². The van der Waals surface area contributed by atoms with Crippen LogP contribution in [0.1, 0.15) is 11.7 Å². The minimum Gasteiger partial charge on any atom is -0.385 e. The smallest absolute Gasteiger partial charge is 0.306 e. The quantitative estimate of drug-likeness (QED) is 0.494. The van der Waals surface area contributed by atoms with E-state index in [4.69, 9.17) is 17.3 Å². The van der Waals surface area contributed by atoms with E-state index in [9.17, 15) is 25.1 Å². The van der Waals surface area contributed by atoms with E-state index in [0.717, 1.165) is 12.4 Å². The summed E-state index contributed by atoms with van der Waals surface area (Å²) in [6.45, 7) is 0. The molecule has 1 aromatic rings. The summed E-state index contributed by atoms with van der Waals surface area (Å²) < 4.78 is 0. The van der Waals surface area contributed by atoms with Crippen molar-refractivity contribution in [1.29, 1.82) is 0 Å². The number of hydrogen-bond donors (Lipinski definition) is 3. The van der Waals surface area contributed by atoms with Crippen LogP contribution in [0.25, 0.3) is 0 Å². The third kappa shape index (κ3) is 2.67. The van der Waals surface area contributed by atoms with Gasteiger partial charge in [-0.2, -0.15) is 0 Å². The summed E-state index contributed by atoms with van der Waals surface area (Å²) >= 11 is 5.64. The van der Waals surface area contributed by atoms with Gasteiger partial charge < -0.3 is 15.9 Å². The highest BCUT2D eigenvalue weighted by Gasteiger charge is 2.28. The molecular formula is C8H8ClN3O5. The van der Waals surface area contributed by atoms with Gasteiger partial charge in [-0.05, 0) is 0 Å².